The number of rotatable bonds is 4. The molecule has 1 saturated carbocycles. The van der Waals surface area contributed by atoms with Gasteiger partial charge >= 0.3 is 0 Å². The highest BCUT2D eigenvalue weighted by atomic mass is 35.5. The topological polar surface area (TPSA) is 78.8 Å². The van der Waals surface area contributed by atoms with Crippen LogP contribution in [0, 0.1) is 5.92 Å². The highest BCUT2D eigenvalue weighted by molar-refractivity contribution is 6.31. The number of carbonyl (C=O) groups excluding carboxylic acids is 1. The van der Waals surface area contributed by atoms with Crippen molar-refractivity contribution >= 4 is 17.5 Å². The van der Waals surface area contributed by atoms with Gasteiger partial charge in [0.15, 0.2) is 0 Å². The van der Waals surface area contributed by atoms with Crippen LogP contribution in [-0.4, -0.2) is 42.0 Å². The summed E-state index contributed by atoms with van der Waals surface area (Å²) in [6, 6.07) is 4.68. The van der Waals surface area contributed by atoms with Gasteiger partial charge in [-0.2, -0.15) is 0 Å². The first kappa shape index (κ1) is 15.1. The van der Waals surface area contributed by atoms with E-state index in [2.05, 4.69) is 5.32 Å². The second kappa shape index (κ2) is 6.43. The molecular formula is C14H18ClNO4. The Bertz CT molecular complexity index is 494. The normalized spacial score (nSPS) is 25.5. The van der Waals surface area contributed by atoms with Gasteiger partial charge in [-0.3, -0.25) is 4.79 Å². The molecule has 3 N–H and O–H groups in total. The van der Waals surface area contributed by atoms with E-state index in [9.17, 15) is 9.90 Å². The zero-order valence-electron chi connectivity index (χ0n) is 11.2. The lowest BCUT2D eigenvalue weighted by atomic mass is 10.1. The van der Waals surface area contributed by atoms with Crippen LogP contribution in [0.1, 0.15) is 23.2 Å². The third-order valence-corrected chi connectivity index (χ3v) is 3.87. The van der Waals surface area contributed by atoms with E-state index in [4.69, 9.17) is 21.4 Å². The van der Waals surface area contributed by atoms with E-state index in [-0.39, 0.29) is 24.5 Å². The van der Waals surface area contributed by atoms with E-state index < -0.39 is 6.10 Å². The van der Waals surface area contributed by atoms with Gasteiger partial charge < -0.3 is 20.3 Å². The number of hydrogen-bond acceptors (Lipinski definition) is 4. The van der Waals surface area contributed by atoms with Crippen molar-refractivity contribution in [1.82, 2.24) is 5.32 Å². The van der Waals surface area contributed by atoms with Gasteiger partial charge in [0.25, 0.3) is 5.91 Å². The molecule has 1 aromatic rings. The van der Waals surface area contributed by atoms with Gasteiger partial charge in [-0.25, -0.2) is 0 Å². The summed E-state index contributed by atoms with van der Waals surface area (Å²) in [5.74, 6) is -0.0224. The van der Waals surface area contributed by atoms with Crippen molar-refractivity contribution in [2.45, 2.75) is 25.0 Å². The van der Waals surface area contributed by atoms with Crippen molar-refractivity contribution < 1.29 is 19.7 Å². The van der Waals surface area contributed by atoms with Crippen molar-refractivity contribution in [2.75, 3.05) is 13.7 Å². The van der Waals surface area contributed by atoms with Crippen molar-refractivity contribution in [2.24, 2.45) is 5.92 Å². The number of carbonyl (C=O) groups is 1. The molecule has 6 heteroatoms. The molecule has 2 rings (SSSR count). The molecule has 3 atom stereocenters. The predicted molar refractivity (Wildman–Crippen MR) is 75.1 cm³/mol. The van der Waals surface area contributed by atoms with E-state index in [1.807, 2.05) is 0 Å². The minimum absolute atomic E-state index is 0.0754. The van der Waals surface area contributed by atoms with Crippen molar-refractivity contribution in [3.05, 3.63) is 28.8 Å². The number of benzene rings is 1. The van der Waals surface area contributed by atoms with E-state index >= 15 is 0 Å². The number of ether oxygens (including phenoxy) is 1. The Morgan fingerprint density at radius 2 is 2.25 bits per heavy atom. The maximum Gasteiger partial charge on any atom is 0.255 e. The monoisotopic (exact) mass is 299 g/mol. The first-order valence-corrected chi connectivity index (χ1v) is 6.86. The Morgan fingerprint density at radius 3 is 2.85 bits per heavy atom. The standard InChI is InChI=1S/C14H18ClNO4/c1-20-13-3-2-9(15)5-11(13)14(19)16-10-4-8(7-17)12(18)6-10/h2-3,5,8,10,12,17-18H,4,6-7H2,1H3,(H,16,19)/t8-,10+,12+/m0/s1. The molecule has 1 aromatic carbocycles. The lowest BCUT2D eigenvalue weighted by molar-refractivity contribution is 0.0903. The molecule has 110 valence electrons. The van der Waals surface area contributed by atoms with Crippen molar-refractivity contribution in [1.29, 1.82) is 0 Å². The molecule has 1 aliphatic carbocycles. The summed E-state index contributed by atoms with van der Waals surface area (Å²) in [7, 11) is 1.49. The van der Waals surface area contributed by atoms with Crippen molar-refractivity contribution in [3.8, 4) is 5.75 Å². The molecule has 0 saturated heterocycles. The van der Waals surface area contributed by atoms with Crippen LogP contribution in [-0.2, 0) is 0 Å². The Labute approximate surface area is 122 Å². The van der Waals surface area contributed by atoms with Crippen LogP contribution in [0.5, 0.6) is 5.75 Å². The number of aliphatic hydroxyl groups excluding tert-OH is 2. The quantitative estimate of drug-likeness (QED) is 0.781. The molecule has 0 radical (unpaired) electrons. The Kier molecular flexibility index (Phi) is 4.86. The summed E-state index contributed by atoms with van der Waals surface area (Å²) >= 11 is 5.89. The zero-order chi connectivity index (χ0) is 14.7. The molecule has 0 aromatic heterocycles. The van der Waals surface area contributed by atoms with E-state index in [0.717, 1.165) is 0 Å². The first-order valence-electron chi connectivity index (χ1n) is 6.48. The molecule has 5 nitrogen and oxygen atoms in total. The summed E-state index contributed by atoms with van der Waals surface area (Å²) in [6.07, 6.45) is 0.429. The predicted octanol–water partition coefficient (Wildman–Crippen LogP) is 1.21. The Hall–Kier alpha value is -1.30. The van der Waals surface area contributed by atoms with Crippen molar-refractivity contribution in [3.63, 3.8) is 0 Å². The molecule has 0 heterocycles. The number of halogens is 1. The molecule has 0 unspecified atom stereocenters. The molecular weight excluding hydrogens is 282 g/mol. The van der Waals surface area contributed by atoms with Gasteiger partial charge in [-0.1, -0.05) is 11.6 Å². The lowest BCUT2D eigenvalue weighted by Gasteiger charge is -2.14. The fourth-order valence-corrected chi connectivity index (χ4v) is 2.71. The molecule has 0 aliphatic heterocycles. The van der Waals surface area contributed by atoms with Crippen LogP contribution in [0.25, 0.3) is 0 Å². The minimum atomic E-state index is -0.577. The molecule has 20 heavy (non-hydrogen) atoms. The highest BCUT2D eigenvalue weighted by Gasteiger charge is 2.33. The fraction of sp³-hybridized carbons (Fsp3) is 0.500. The zero-order valence-corrected chi connectivity index (χ0v) is 11.9. The number of aliphatic hydroxyl groups is 2. The molecule has 0 bridgehead atoms. The SMILES string of the molecule is COc1ccc(Cl)cc1C(=O)N[C@@H]1C[C@@H](CO)[C@H](O)C1. The van der Waals surface area contributed by atoms with E-state index in [1.165, 1.54) is 7.11 Å². The van der Waals surface area contributed by atoms with Gasteiger partial charge in [0.2, 0.25) is 0 Å². The molecule has 0 spiro atoms. The average molecular weight is 300 g/mol. The second-order valence-electron chi connectivity index (χ2n) is 5.00. The third kappa shape index (κ3) is 3.23. The highest BCUT2D eigenvalue weighted by Crippen LogP contribution is 2.27. The smallest absolute Gasteiger partial charge is 0.255 e. The molecule has 1 fully saturated rings. The van der Waals surface area contributed by atoms with Crippen LogP contribution in [0.3, 0.4) is 0 Å². The Morgan fingerprint density at radius 1 is 1.50 bits per heavy atom. The minimum Gasteiger partial charge on any atom is -0.496 e. The van der Waals surface area contributed by atoms with Gasteiger partial charge in [0.1, 0.15) is 5.75 Å². The van der Waals surface area contributed by atoms with Gasteiger partial charge in [0.05, 0.1) is 18.8 Å². The molecule has 1 aliphatic rings. The first-order chi connectivity index (χ1) is 9.55. The van der Waals surface area contributed by atoms with Crippen LogP contribution in [0.4, 0.5) is 0 Å². The largest absolute Gasteiger partial charge is 0.496 e. The average Bonchev–Trinajstić information content (AvgIpc) is 2.78. The van der Waals surface area contributed by atoms with Gasteiger partial charge in [-0.05, 0) is 31.0 Å². The second-order valence-corrected chi connectivity index (χ2v) is 5.43. The number of hydrogen-bond donors (Lipinski definition) is 3. The van der Waals surface area contributed by atoms with Crippen LogP contribution in [0.15, 0.2) is 18.2 Å². The summed E-state index contributed by atoms with van der Waals surface area (Å²) < 4.78 is 5.14. The summed E-state index contributed by atoms with van der Waals surface area (Å²) in [6.45, 7) is -0.0754. The van der Waals surface area contributed by atoms with Crippen LogP contribution in [0.2, 0.25) is 5.02 Å². The number of amides is 1. The lowest BCUT2D eigenvalue weighted by Crippen LogP contribution is -2.33. The summed E-state index contributed by atoms with van der Waals surface area (Å²) in [4.78, 5) is 12.2. The number of methoxy groups -OCH3 is 1. The van der Waals surface area contributed by atoms with Crippen LogP contribution < -0.4 is 10.1 Å². The van der Waals surface area contributed by atoms with Crippen LogP contribution >= 0.6 is 11.6 Å². The fourth-order valence-electron chi connectivity index (χ4n) is 2.54. The van der Waals surface area contributed by atoms with E-state index in [1.54, 1.807) is 18.2 Å². The third-order valence-electron chi connectivity index (χ3n) is 3.63. The maximum atomic E-state index is 12.2. The molecule has 1 amide bonds. The number of nitrogens with one attached hydrogen (secondary N) is 1. The summed E-state index contributed by atoms with van der Waals surface area (Å²) in [5, 5.41) is 22.1. The van der Waals surface area contributed by atoms with Gasteiger partial charge in [-0.15, -0.1) is 0 Å². The van der Waals surface area contributed by atoms with E-state index in [0.29, 0.717) is 29.2 Å². The van der Waals surface area contributed by atoms with Gasteiger partial charge in [0, 0.05) is 23.6 Å². The maximum absolute atomic E-state index is 12.2. The summed E-state index contributed by atoms with van der Waals surface area (Å²) in [5.41, 5.74) is 0.363. The Balaban J connectivity index is 2.07.